The number of hydrogen-bond donors (Lipinski definition) is 1. The molecule has 1 unspecified atom stereocenters. The number of nitrogens with zero attached hydrogens (tertiary/aromatic N) is 3. The molecular formula is C11H18N4. The second kappa shape index (κ2) is 4.57. The maximum atomic E-state index is 4.25. The van der Waals surface area contributed by atoms with E-state index < -0.39 is 0 Å². The monoisotopic (exact) mass is 206 g/mol. The van der Waals surface area contributed by atoms with Crippen molar-refractivity contribution in [2.24, 2.45) is 0 Å². The molecule has 2 rings (SSSR count). The zero-order chi connectivity index (χ0) is 10.7. The summed E-state index contributed by atoms with van der Waals surface area (Å²) in [5.74, 6) is 1.00. The quantitative estimate of drug-likeness (QED) is 0.795. The van der Waals surface area contributed by atoms with Gasteiger partial charge in [-0.15, -0.1) is 5.10 Å². The number of anilines is 1. The minimum absolute atomic E-state index is 0.595. The predicted octanol–water partition coefficient (Wildman–Crippen LogP) is 0.837. The minimum Gasteiger partial charge on any atom is -0.354 e. The van der Waals surface area contributed by atoms with E-state index in [2.05, 4.69) is 39.5 Å². The van der Waals surface area contributed by atoms with Gasteiger partial charge in [0.2, 0.25) is 0 Å². The van der Waals surface area contributed by atoms with Crippen LogP contribution in [0.15, 0.2) is 12.1 Å². The summed E-state index contributed by atoms with van der Waals surface area (Å²) in [5.41, 5.74) is 1.06. The molecular weight excluding hydrogens is 188 g/mol. The van der Waals surface area contributed by atoms with E-state index in [0.717, 1.165) is 31.0 Å². The van der Waals surface area contributed by atoms with Crippen LogP contribution in [0.2, 0.25) is 0 Å². The third-order valence-electron chi connectivity index (χ3n) is 2.99. The third-order valence-corrected chi connectivity index (χ3v) is 2.99. The zero-order valence-electron chi connectivity index (χ0n) is 9.40. The Hall–Kier alpha value is -1.16. The Bertz CT molecular complexity index is 309. The molecule has 0 aromatic carbocycles. The lowest BCUT2D eigenvalue weighted by molar-refractivity contribution is 0.616. The average Bonchev–Trinajstić information content (AvgIpc) is 2.78. The second-order valence-corrected chi connectivity index (χ2v) is 3.96. The van der Waals surface area contributed by atoms with E-state index >= 15 is 0 Å². The van der Waals surface area contributed by atoms with Crippen molar-refractivity contribution in [3.05, 3.63) is 17.8 Å². The lowest BCUT2D eigenvalue weighted by Crippen LogP contribution is -2.29. The molecule has 4 nitrogen and oxygen atoms in total. The fourth-order valence-electron chi connectivity index (χ4n) is 1.91. The van der Waals surface area contributed by atoms with Crippen molar-refractivity contribution in [2.45, 2.75) is 25.8 Å². The van der Waals surface area contributed by atoms with Crippen molar-refractivity contribution in [2.75, 3.05) is 25.0 Å². The SMILES string of the molecule is CCc1ccc(N2CCC(NC)C2)nn1. The first-order valence-corrected chi connectivity index (χ1v) is 5.58. The number of likely N-dealkylation sites (N-methyl/N-ethyl adjacent to an activating group) is 1. The van der Waals surface area contributed by atoms with Gasteiger partial charge in [-0.2, -0.15) is 5.10 Å². The van der Waals surface area contributed by atoms with E-state index in [9.17, 15) is 0 Å². The highest BCUT2D eigenvalue weighted by Crippen LogP contribution is 2.16. The molecule has 0 aliphatic carbocycles. The van der Waals surface area contributed by atoms with Crippen molar-refractivity contribution in [1.82, 2.24) is 15.5 Å². The lowest BCUT2D eigenvalue weighted by atomic mass is 10.3. The van der Waals surface area contributed by atoms with Crippen LogP contribution in [0.25, 0.3) is 0 Å². The number of aromatic nitrogens is 2. The van der Waals surface area contributed by atoms with Crippen molar-refractivity contribution >= 4 is 5.82 Å². The number of rotatable bonds is 3. The van der Waals surface area contributed by atoms with E-state index in [-0.39, 0.29) is 0 Å². The number of hydrogen-bond acceptors (Lipinski definition) is 4. The molecule has 1 aliphatic heterocycles. The van der Waals surface area contributed by atoms with Gasteiger partial charge in [0.15, 0.2) is 5.82 Å². The molecule has 0 spiro atoms. The molecule has 4 heteroatoms. The summed E-state index contributed by atoms with van der Waals surface area (Å²) in [7, 11) is 2.01. The van der Waals surface area contributed by atoms with Gasteiger partial charge in [0.1, 0.15) is 0 Å². The summed E-state index contributed by atoms with van der Waals surface area (Å²) in [4.78, 5) is 2.29. The van der Waals surface area contributed by atoms with E-state index in [1.165, 1.54) is 6.42 Å². The van der Waals surface area contributed by atoms with Gasteiger partial charge in [-0.05, 0) is 32.0 Å². The highest BCUT2D eigenvalue weighted by Gasteiger charge is 2.21. The Morgan fingerprint density at radius 2 is 2.33 bits per heavy atom. The lowest BCUT2D eigenvalue weighted by Gasteiger charge is -2.16. The Kier molecular flexibility index (Phi) is 3.16. The van der Waals surface area contributed by atoms with Gasteiger partial charge >= 0.3 is 0 Å². The maximum Gasteiger partial charge on any atom is 0.151 e. The topological polar surface area (TPSA) is 41.0 Å². The molecule has 0 radical (unpaired) electrons. The molecule has 1 N–H and O–H groups in total. The highest BCUT2D eigenvalue weighted by molar-refractivity contribution is 5.39. The van der Waals surface area contributed by atoms with Crippen LogP contribution in [0.3, 0.4) is 0 Å². The van der Waals surface area contributed by atoms with E-state index in [1.807, 2.05) is 7.05 Å². The first kappa shape index (κ1) is 10.4. The van der Waals surface area contributed by atoms with Crippen molar-refractivity contribution in [3.63, 3.8) is 0 Å². The van der Waals surface area contributed by atoms with Gasteiger partial charge in [0, 0.05) is 19.1 Å². The third kappa shape index (κ3) is 2.26. The van der Waals surface area contributed by atoms with Gasteiger partial charge in [-0.3, -0.25) is 0 Å². The summed E-state index contributed by atoms with van der Waals surface area (Å²) >= 11 is 0. The smallest absolute Gasteiger partial charge is 0.151 e. The molecule has 1 atom stereocenters. The van der Waals surface area contributed by atoms with E-state index in [4.69, 9.17) is 0 Å². The molecule has 2 heterocycles. The molecule has 0 amide bonds. The van der Waals surface area contributed by atoms with Gasteiger partial charge in [0.05, 0.1) is 5.69 Å². The van der Waals surface area contributed by atoms with Gasteiger partial charge < -0.3 is 10.2 Å². The Morgan fingerprint density at radius 1 is 1.47 bits per heavy atom. The van der Waals surface area contributed by atoms with Crippen LogP contribution in [0.1, 0.15) is 19.0 Å². The minimum atomic E-state index is 0.595. The molecule has 1 saturated heterocycles. The molecule has 1 aliphatic rings. The first-order valence-electron chi connectivity index (χ1n) is 5.58. The van der Waals surface area contributed by atoms with Gasteiger partial charge in [0.25, 0.3) is 0 Å². The van der Waals surface area contributed by atoms with Crippen LogP contribution >= 0.6 is 0 Å². The van der Waals surface area contributed by atoms with E-state index in [1.54, 1.807) is 0 Å². The van der Waals surface area contributed by atoms with Crippen LogP contribution in [-0.2, 0) is 6.42 Å². The molecule has 1 aromatic rings. The molecule has 0 bridgehead atoms. The molecule has 82 valence electrons. The average molecular weight is 206 g/mol. The van der Waals surface area contributed by atoms with Gasteiger partial charge in [-0.1, -0.05) is 6.92 Å². The fraction of sp³-hybridized carbons (Fsp3) is 0.636. The van der Waals surface area contributed by atoms with E-state index in [0.29, 0.717) is 6.04 Å². The van der Waals surface area contributed by atoms with Crippen LogP contribution < -0.4 is 10.2 Å². The maximum absolute atomic E-state index is 4.25. The predicted molar refractivity (Wildman–Crippen MR) is 61.1 cm³/mol. The largest absolute Gasteiger partial charge is 0.354 e. The number of nitrogens with one attached hydrogen (secondary N) is 1. The van der Waals surface area contributed by atoms with Crippen molar-refractivity contribution in [1.29, 1.82) is 0 Å². The van der Waals surface area contributed by atoms with Crippen LogP contribution in [-0.4, -0.2) is 36.4 Å². The second-order valence-electron chi connectivity index (χ2n) is 3.96. The Labute approximate surface area is 90.7 Å². The van der Waals surface area contributed by atoms with Crippen molar-refractivity contribution < 1.29 is 0 Å². The highest BCUT2D eigenvalue weighted by atomic mass is 15.3. The summed E-state index contributed by atoms with van der Waals surface area (Å²) in [6.45, 7) is 4.21. The molecule has 1 fully saturated rings. The summed E-state index contributed by atoms with van der Waals surface area (Å²) in [6, 6.07) is 4.73. The Morgan fingerprint density at radius 3 is 2.87 bits per heavy atom. The van der Waals surface area contributed by atoms with Crippen LogP contribution in [0.4, 0.5) is 5.82 Å². The summed E-state index contributed by atoms with van der Waals surface area (Å²) in [5, 5.41) is 11.7. The Balaban J connectivity index is 2.04. The molecule has 0 saturated carbocycles. The fourth-order valence-corrected chi connectivity index (χ4v) is 1.91. The van der Waals surface area contributed by atoms with Gasteiger partial charge in [-0.25, -0.2) is 0 Å². The summed E-state index contributed by atoms with van der Waals surface area (Å²) < 4.78 is 0. The molecule has 1 aromatic heterocycles. The van der Waals surface area contributed by atoms with Crippen LogP contribution in [0.5, 0.6) is 0 Å². The first-order chi connectivity index (χ1) is 7.33. The normalized spacial score (nSPS) is 20.9. The summed E-state index contributed by atoms with van der Waals surface area (Å²) in [6.07, 6.45) is 2.14. The number of aryl methyl sites for hydroxylation is 1. The van der Waals surface area contributed by atoms with Crippen LogP contribution in [0, 0.1) is 0 Å². The standard InChI is InChI=1S/C11H18N4/c1-3-9-4-5-11(14-13-9)15-7-6-10(8-15)12-2/h4-5,10,12H,3,6-8H2,1-2H3. The zero-order valence-corrected chi connectivity index (χ0v) is 9.40. The van der Waals surface area contributed by atoms with Crippen molar-refractivity contribution in [3.8, 4) is 0 Å². The molecule has 15 heavy (non-hydrogen) atoms.